The number of aromatic carboxylic acids is 1. The van der Waals surface area contributed by atoms with Crippen LogP contribution in [0.1, 0.15) is 30.3 Å². The molecule has 0 radical (unpaired) electrons. The van der Waals surface area contributed by atoms with Gasteiger partial charge in [0.2, 0.25) is 11.9 Å². The van der Waals surface area contributed by atoms with Crippen LogP contribution in [0.5, 0.6) is 0 Å². The Kier molecular flexibility index (Phi) is 3.73. The van der Waals surface area contributed by atoms with Gasteiger partial charge in [0, 0.05) is 12.6 Å². The summed E-state index contributed by atoms with van der Waals surface area (Å²) in [5, 5.41) is 11.1. The van der Waals surface area contributed by atoms with Crippen molar-refractivity contribution < 1.29 is 14.7 Å². The van der Waals surface area contributed by atoms with Crippen molar-refractivity contribution in [1.29, 1.82) is 0 Å². The van der Waals surface area contributed by atoms with Gasteiger partial charge in [-0.05, 0) is 12.5 Å². The number of nitrogens with zero attached hydrogens (tertiary/aromatic N) is 2. The molecule has 0 bridgehead atoms. The molecule has 2 N–H and O–H groups in total. The molecule has 0 aromatic carbocycles. The second-order valence-electron chi connectivity index (χ2n) is 2.87. The van der Waals surface area contributed by atoms with Crippen molar-refractivity contribution in [1.82, 2.24) is 9.97 Å². The topological polar surface area (TPSA) is 92.2 Å². The Labute approximate surface area is 86.4 Å². The van der Waals surface area contributed by atoms with E-state index < -0.39 is 5.97 Å². The summed E-state index contributed by atoms with van der Waals surface area (Å²) in [4.78, 5) is 29.1. The second-order valence-corrected chi connectivity index (χ2v) is 2.87. The first-order valence-electron chi connectivity index (χ1n) is 4.49. The molecular formula is C9H11N3O3. The lowest BCUT2D eigenvalue weighted by Gasteiger charge is -2.02. The van der Waals surface area contributed by atoms with Crippen LogP contribution in [0.2, 0.25) is 0 Å². The number of carbonyl (C=O) groups is 2. The largest absolute Gasteiger partial charge is 0.477 e. The van der Waals surface area contributed by atoms with Crippen molar-refractivity contribution in [2.75, 3.05) is 5.32 Å². The van der Waals surface area contributed by atoms with Crippen molar-refractivity contribution in [2.45, 2.75) is 19.8 Å². The maximum atomic E-state index is 11.2. The van der Waals surface area contributed by atoms with Gasteiger partial charge in [0.05, 0.1) is 0 Å². The quantitative estimate of drug-likeness (QED) is 0.769. The number of amides is 1. The first-order chi connectivity index (χ1) is 7.13. The minimum absolute atomic E-state index is 0.0216. The van der Waals surface area contributed by atoms with Gasteiger partial charge in [-0.1, -0.05) is 6.92 Å². The minimum Gasteiger partial charge on any atom is -0.477 e. The molecule has 6 heteroatoms. The van der Waals surface area contributed by atoms with Crippen LogP contribution in [-0.4, -0.2) is 27.0 Å². The molecule has 0 saturated carbocycles. The molecule has 0 aliphatic carbocycles. The number of carboxylic acid groups (broad SMARTS) is 1. The molecule has 6 nitrogen and oxygen atoms in total. The number of rotatable bonds is 4. The molecule has 0 aliphatic heterocycles. The molecule has 0 aliphatic rings. The van der Waals surface area contributed by atoms with Crippen molar-refractivity contribution in [3.8, 4) is 0 Å². The van der Waals surface area contributed by atoms with Gasteiger partial charge in [-0.15, -0.1) is 0 Å². The highest BCUT2D eigenvalue weighted by Crippen LogP contribution is 2.01. The first-order valence-corrected chi connectivity index (χ1v) is 4.49. The Morgan fingerprint density at radius 2 is 2.27 bits per heavy atom. The SMILES string of the molecule is CCCC(=O)Nc1nccc(C(=O)O)n1. The number of hydrogen-bond donors (Lipinski definition) is 2. The molecule has 80 valence electrons. The Hall–Kier alpha value is -1.98. The molecule has 1 aromatic rings. The monoisotopic (exact) mass is 209 g/mol. The lowest BCUT2D eigenvalue weighted by molar-refractivity contribution is -0.116. The van der Waals surface area contributed by atoms with Gasteiger partial charge in [0.15, 0.2) is 5.69 Å². The number of carboxylic acids is 1. The van der Waals surface area contributed by atoms with Gasteiger partial charge in [-0.2, -0.15) is 0 Å². The van der Waals surface area contributed by atoms with E-state index in [1.54, 1.807) is 0 Å². The van der Waals surface area contributed by atoms with Gasteiger partial charge in [-0.3, -0.25) is 10.1 Å². The molecule has 0 fully saturated rings. The molecule has 0 unspecified atom stereocenters. The fourth-order valence-electron chi connectivity index (χ4n) is 0.952. The van der Waals surface area contributed by atoms with Gasteiger partial charge < -0.3 is 5.11 Å². The van der Waals surface area contributed by atoms with Crippen LogP contribution in [0.15, 0.2) is 12.3 Å². The van der Waals surface area contributed by atoms with Crippen molar-refractivity contribution in [3.05, 3.63) is 18.0 Å². The van der Waals surface area contributed by atoms with E-state index in [4.69, 9.17) is 5.11 Å². The van der Waals surface area contributed by atoms with Crippen LogP contribution in [0.4, 0.5) is 5.95 Å². The van der Waals surface area contributed by atoms with Crippen LogP contribution in [0.25, 0.3) is 0 Å². The zero-order valence-electron chi connectivity index (χ0n) is 8.23. The number of aromatic nitrogens is 2. The second kappa shape index (κ2) is 5.04. The molecule has 0 saturated heterocycles. The van der Waals surface area contributed by atoms with Crippen molar-refractivity contribution in [3.63, 3.8) is 0 Å². The molecule has 0 atom stereocenters. The van der Waals surface area contributed by atoms with Gasteiger partial charge in [0.25, 0.3) is 0 Å². The van der Waals surface area contributed by atoms with E-state index in [0.717, 1.165) is 0 Å². The van der Waals surface area contributed by atoms with Crippen molar-refractivity contribution >= 4 is 17.8 Å². The molecule has 1 amide bonds. The van der Waals surface area contributed by atoms with E-state index in [-0.39, 0.29) is 17.5 Å². The highest BCUT2D eigenvalue weighted by molar-refractivity contribution is 5.90. The Balaban J connectivity index is 2.73. The number of anilines is 1. The first kappa shape index (κ1) is 11.1. The highest BCUT2D eigenvalue weighted by atomic mass is 16.4. The average Bonchev–Trinajstić information content (AvgIpc) is 2.18. The van der Waals surface area contributed by atoms with E-state index >= 15 is 0 Å². The van der Waals surface area contributed by atoms with Crippen LogP contribution in [0.3, 0.4) is 0 Å². The summed E-state index contributed by atoms with van der Waals surface area (Å²) in [5.74, 6) is -1.35. The fourth-order valence-corrected chi connectivity index (χ4v) is 0.952. The Morgan fingerprint density at radius 1 is 1.53 bits per heavy atom. The zero-order chi connectivity index (χ0) is 11.3. The Bertz CT molecular complexity index is 379. The molecule has 15 heavy (non-hydrogen) atoms. The fraction of sp³-hybridized carbons (Fsp3) is 0.333. The van der Waals surface area contributed by atoms with E-state index in [2.05, 4.69) is 15.3 Å². The lowest BCUT2D eigenvalue weighted by Crippen LogP contribution is -2.14. The summed E-state index contributed by atoms with van der Waals surface area (Å²) in [5.41, 5.74) is -0.142. The summed E-state index contributed by atoms with van der Waals surface area (Å²) >= 11 is 0. The third-order valence-corrected chi connectivity index (χ3v) is 1.60. The van der Waals surface area contributed by atoms with Crippen LogP contribution in [-0.2, 0) is 4.79 Å². The summed E-state index contributed by atoms with van der Waals surface area (Å²) in [6.45, 7) is 1.87. The summed E-state index contributed by atoms with van der Waals surface area (Å²) < 4.78 is 0. The number of carbonyl (C=O) groups excluding carboxylic acids is 1. The third kappa shape index (κ3) is 3.34. The summed E-state index contributed by atoms with van der Waals surface area (Å²) in [7, 11) is 0. The van der Waals surface area contributed by atoms with Gasteiger partial charge >= 0.3 is 5.97 Å². The lowest BCUT2D eigenvalue weighted by atomic mass is 10.3. The van der Waals surface area contributed by atoms with E-state index in [0.29, 0.717) is 12.8 Å². The van der Waals surface area contributed by atoms with Gasteiger partial charge in [-0.25, -0.2) is 14.8 Å². The average molecular weight is 209 g/mol. The normalized spacial score (nSPS) is 9.67. The molecule has 1 rings (SSSR count). The molecule has 1 heterocycles. The maximum Gasteiger partial charge on any atom is 0.354 e. The Morgan fingerprint density at radius 3 is 2.87 bits per heavy atom. The van der Waals surface area contributed by atoms with E-state index in [9.17, 15) is 9.59 Å². The van der Waals surface area contributed by atoms with Crippen molar-refractivity contribution in [2.24, 2.45) is 0 Å². The van der Waals surface area contributed by atoms with E-state index in [1.165, 1.54) is 12.3 Å². The predicted octanol–water partition coefficient (Wildman–Crippen LogP) is 0.913. The van der Waals surface area contributed by atoms with E-state index in [1.807, 2.05) is 6.92 Å². The van der Waals surface area contributed by atoms with Crippen LogP contribution in [0, 0.1) is 0 Å². The third-order valence-electron chi connectivity index (χ3n) is 1.60. The summed E-state index contributed by atoms with van der Waals surface area (Å²) in [6.07, 6.45) is 2.36. The summed E-state index contributed by atoms with van der Waals surface area (Å²) in [6, 6.07) is 1.26. The number of nitrogens with one attached hydrogen (secondary N) is 1. The highest BCUT2D eigenvalue weighted by Gasteiger charge is 2.07. The van der Waals surface area contributed by atoms with Crippen LogP contribution < -0.4 is 5.32 Å². The number of hydrogen-bond acceptors (Lipinski definition) is 4. The predicted molar refractivity (Wildman–Crippen MR) is 52.5 cm³/mol. The molecule has 1 aromatic heterocycles. The van der Waals surface area contributed by atoms with Gasteiger partial charge in [0.1, 0.15) is 0 Å². The standard InChI is InChI=1S/C9H11N3O3/c1-2-3-7(13)12-9-10-5-4-6(11-9)8(14)15/h4-5H,2-3H2,1H3,(H,14,15)(H,10,11,12,13). The zero-order valence-corrected chi connectivity index (χ0v) is 8.23. The smallest absolute Gasteiger partial charge is 0.354 e. The van der Waals surface area contributed by atoms with Crippen LogP contribution >= 0.6 is 0 Å². The molecule has 0 spiro atoms. The molecular weight excluding hydrogens is 198 g/mol. The minimum atomic E-state index is -1.15. The maximum absolute atomic E-state index is 11.2.